The van der Waals surface area contributed by atoms with Gasteiger partial charge in [-0.2, -0.15) is 0 Å². The summed E-state index contributed by atoms with van der Waals surface area (Å²) in [5.74, 6) is 1.58. The Bertz CT molecular complexity index is 2640. The van der Waals surface area contributed by atoms with Gasteiger partial charge >= 0.3 is 0 Å². The zero-order chi connectivity index (χ0) is 31.3. The molecule has 0 amide bonds. The zero-order valence-electron chi connectivity index (χ0n) is 26.0. The molecule has 3 aromatic heterocycles. The fourth-order valence-electron chi connectivity index (χ4n) is 7.95. The molecule has 0 fully saturated rings. The second-order valence-electron chi connectivity index (χ2n) is 13.0. The van der Waals surface area contributed by atoms with Crippen LogP contribution in [0.3, 0.4) is 0 Å². The van der Waals surface area contributed by atoms with Crippen molar-refractivity contribution < 1.29 is 0 Å². The number of para-hydroxylation sites is 1. The van der Waals surface area contributed by atoms with Crippen molar-refractivity contribution in [3.05, 3.63) is 151 Å². The standard InChI is InChI=1S/C43H29N3S/c1-43(2)31-22-12-9-19-28(31)36-37-29-20-10-13-23-33(29)46(40(37)41-38(39(36)43)30-21-11-14-24-34(30)47-41)35-25-32(26-15-5-3-6-16-26)44-42(45-35)27-17-7-4-8-18-27/h3-25H,1-2H3. The Morgan fingerprint density at radius 1 is 0.617 bits per heavy atom. The van der Waals surface area contributed by atoms with Gasteiger partial charge in [-0.15, -0.1) is 11.3 Å². The van der Waals surface area contributed by atoms with Crippen LogP contribution in [0.2, 0.25) is 0 Å². The molecule has 0 saturated carbocycles. The number of thiophene rings is 1. The number of benzene rings is 6. The summed E-state index contributed by atoms with van der Waals surface area (Å²) in [7, 11) is 0. The molecule has 47 heavy (non-hydrogen) atoms. The first-order valence-electron chi connectivity index (χ1n) is 16.1. The molecule has 10 rings (SSSR count). The highest BCUT2D eigenvalue weighted by molar-refractivity contribution is 7.26. The third kappa shape index (κ3) is 3.67. The molecule has 0 saturated heterocycles. The monoisotopic (exact) mass is 619 g/mol. The Kier molecular flexibility index (Phi) is 5.50. The van der Waals surface area contributed by atoms with E-state index in [1.165, 1.54) is 58.7 Å². The highest BCUT2D eigenvalue weighted by atomic mass is 32.1. The minimum absolute atomic E-state index is 0.151. The van der Waals surface area contributed by atoms with Gasteiger partial charge in [-0.1, -0.05) is 135 Å². The van der Waals surface area contributed by atoms with E-state index in [1.54, 1.807) is 0 Å². The fraction of sp³-hybridized carbons (Fsp3) is 0.0698. The van der Waals surface area contributed by atoms with Gasteiger partial charge in [-0.3, -0.25) is 4.57 Å². The van der Waals surface area contributed by atoms with Crippen LogP contribution in [0.4, 0.5) is 0 Å². The van der Waals surface area contributed by atoms with Crippen molar-refractivity contribution >= 4 is 53.3 Å². The van der Waals surface area contributed by atoms with Gasteiger partial charge in [0, 0.05) is 48.9 Å². The Morgan fingerprint density at radius 2 is 1.28 bits per heavy atom. The van der Waals surface area contributed by atoms with Crippen molar-refractivity contribution in [2.24, 2.45) is 0 Å². The van der Waals surface area contributed by atoms with E-state index in [0.717, 1.165) is 28.2 Å². The molecular weight excluding hydrogens is 591 g/mol. The van der Waals surface area contributed by atoms with Crippen LogP contribution in [0.25, 0.3) is 81.6 Å². The van der Waals surface area contributed by atoms with Crippen molar-refractivity contribution in [2.75, 3.05) is 0 Å². The Hall–Kier alpha value is -5.58. The summed E-state index contributed by atoms with van der Waals surface area (Å²) < 4.78 is 5.02. The van der Waals surface area contributed by atoms with E-state index in [4.69, 9.17) is 9.97 Å². The minimum Gasteiger partial charge on any atom is -0.292 e. The molecule has 0 aliphatic heterocycles. The number of rotatable bonds is 3. The molecule has 6 aromatic carbocycles. The molecule has 0 spiro atoms. The Labute approximate surface area is 276 Å². The molecule has 0 N–H and O–H groups in total. The normalized spacial score (nSPS) is 13.5. The number of hydrogen-bond donors (Lipinski definition) is 0. The van der Waals surface area contributed by atoms with Crippen molar-refractivity contribution in [3.63, 3.8) is 0 Å². The maximum absolute atomic E-state index is 5.36. The van der Waals surface area contributed by atoms with Crippen LogP contribution in [0.5, 0.6) is 0 Å². The Balaban J connectivity index is 1.44. The molecule has 4 heteroatoms. The van der Waals surface area contributed by atoms with E-state index < -0.39 is 0 Å². The van der Waals surface area contributed by atoms with Crippen molar-refractivity contribution in [1.29, 1.82) is 0 Å². The molecule has 9 aromatic rings. The molecule has 0 atom stereocenters. The van der Waals surface area contributed by atoms with Crippen LogP contribution in [-0.4, -0.2) is 14.5 Å². The van der Waals surface area contributed by atoms with Crippen LogP contribution < -0.4 is 0 Å². The van der Waals surface area contributed by atoms with Gasteiger partial charge in [0.05, 0.1) is 21.4 Å². The van der Waals surface area contributed by atoms with Gasteiger partial charge in [-0.05, 0) is 34.4 Å². The largest absolute Gasteiger partial charge is 0.292 e. The summed E-state index contributed by atoms with van der Waals surface area (Å²) >= 11 is 1.90. The van der Waals surface area contributed by atoms with Crippen molar-refractivity contribution in [1.82, 2.24) is 14.5 Å². The number of hydrogen-bond acceptors (Lipinski definition) is 3. The van der Waals surface area contributed by atoms with Crippen LogP contribution >= 0.6 is 11.3 Å². The highest BCUT2D eigenvalue weighted by Gasteiger charge is 2.40. The van der Waals surface area contributed by atoms with Crippen molar-refractivity contribution in [3.8, 4) is 39.6 Å². The third-order valence-corrected chi connectivity index (χ3v) is 11.2. The summed E-state index contributed by atoms with van der Waals surface area (Å²) in [4.78, 5) is 10.5. The molecule has 222 valence electrons. The molecule has 0 unspecified atom stereocenters. The van der Waals surface area contributed by atoms with E-state index in [-0.39, 0.29) is 5.41 Å². The Morgan fingerprint density at radius 3 is 2.09 bits per heavy atom. The number of fused-ring (bicyclic) bond motifs is 12. The SMILES string of the molecule is CC1(C)c2ccccc2-c2c1c1c3ccccc3sc1c1c2c2ccccc2n1-c1cc(-c2ccccc2)nc(-c2ccccc2)n1. The second-order valence-corrected chi connectivity index (χ2v) is 14.0. The second kappa shape index (κ2) is 9.71. The summed E-state index contributed by atoms with van der Waals surface area (Å²) in [5.41, 5.74) is 10.7. The predicted octanol–water partition coefficient (Wildman–Crippen LogP) is 11.6. The van der Waals surface area contributed by atoms with Gasteiger partial charge in [0.25, 0.3) is 0 Å². The average Bonchev–Trinajstić information content (AvgIpc) is 3.75. The first kappa shape index (κ1) is 26.6. The van der Waals surface area contributed by atoms with E-state index in [1.807, 2.05) is 17.4 Å². The lowest BCUT2D eigenvalue weighted by Gasteiger charge is -2.23. The van der Waals surface area contributed by atoms with Crippen LogP contribution in [0.1, 0.15) is 25.0 Å². The quantitative estimate of drug-likeness (QED) is 0.197. The lowest BCUT2D eigenvalue weighted by atomic mass is 9.80. The third-order valence-electron chi connectivity index (χ3n) is 9.97. The molecule has 0 bridgehead atoms. The van der Waals surface area contributed by atoms with Crippen LogP contribution in [-0.2, 0) is 5.41 Å². The van der Waals surface area contributed by atoms with Gasteiger partial charge in [0.15, 0.2) is 5.82 Å². The number of nitrogens with zero attached hydrogens (tertiary/aromatic N) is 3. The predicted molar refractivity (Wildman–Crippen MR) is 198 cm³/mol. The maximum atomic E-state index is 5.36. The minimum atomic E-state index is -0.151. The first-order valence-corrected chi connectivity index (χ1v) is 16.9. The van der Waals surface area contributed by atoms with E-state index in [0.29, 0.717) is 5.82 Å². The van der Waals surface area contributed by atoms with Gasteiger partial charge in [0.2, 0.25) is 0 Å². The summed E-state index contributed by atoms with van der Waals surface area (Å²) in [5, 5.41) is 5.22. The molecular formula is C43H29N3S. The molecule has 0 radical (unpaired) electrons. The molecule has 1 aliphatic rings. The van der Waals surface area contributed by atoms with Crippen LogP contribution in [0.15, 0.2) is 140 Å². The average molecular weight is 620 g/mol. The van der Waals surface area contributed by atoms with E-state index in [9.17, 15) is 0 Å². The highest BCUT2D eigenvalue weighted by Crippen LogP contribution is 2.58. The smallest absolute Gasteiger partial charge is 0.162 e. The lowest BCUT2D eigenvalue weighted by Crippen LogP contribution is -2.15. The summed E-state index contributed by atoms with van der Waals surface area (Å²) in [6.45, 7) is 4.80. The topological polar surface area (TPSA) is 30.7 Å². The van der Waals surface area contributed by atoms with Gasteiger partial charge in [-0.25, -0.2) is 9.97 Å². The van der Waals surface area contributed by atoms with Gasteiger partial charge in [0.1, 0.15) is 5.82 Å². The first-order chi connectivity index (χ1) is 23.1. The van der Waals surface area contributed by atoms with Crippen molar-refractivity contribution in [2.45, 2.75) is 19.3 Å². The van der Waals surface area contributed by atoms with Crippen LogP contribution in [0, 0.1) is 0 Å². The maximum Gasteiger partial charge on any atom is 0.162 e. The zero-order valence-corrected chi connectivity index (χ0v) is 26.8. The van der Waals surface area contributed by atoms with Gasteiger partial charge < -0.3 is 0 Å². The fourth-order valence-corrected chi connectivity index (χ4v) is 9.20. The summed E-state index contributed by atoms with van der Waals surface area (Å²) in [6.07, 6.45) is 0. The summed E-state index contributed by atoms with van der Waals surface area (Å²) in [6, 6.07) is 49.7. The lowest BCUT2D eigenvalue weighted by molar-refractivity contribution is 0.667. The van der Waals surface area contributed by atoms with E-state index in [2.05, 4.69) is 152 Å². The van der Waals surface area contributed by atoms with E-state index >= 15 is 0 Å². The molecule has 3 nitrogen and oxygen atoms in total. The number of aromatic nitrogens is 3. The molecule has 3 heterocycles. The molecule has 1 aliphatic carbocycles.